The largest absolute Gasteiger partial charge is 0.377 e. The number of aryl methyl sites for hydroxylation is 1. The number of fused-ring (bicyclic) bond motifs is 1. The summed E-state index contributed by atoms with van der Waals surface area (Å²) in [5.41, 5.74) is 4.71. The first kappa shape index (κ1) is 13.6. The van der Waals surface area contributed by atoms with Crippen LogP contribution in [0.3, 0.4) is 0 Å². The first-order chi connectivity index (χ1) is 10.2. The van der Waals surface area contributed by atoms with Crippen LogP contribution in [0.1, 0.15) is 29.7 Å². The van der Waals surface area contributed by atoms with Gasteiger partial charge in [0.15, 0.2) is 0 Å². The Kier molecular flexibility index (Phi) is 3.59. The molecule has 0 fully saturated rings. The van der Waals surface area contributed by atoms with Crippen molar-refractivity contribution >= 4 is 27.2 Å². The summed E-state index contributed by atoms with van der Waals surface area (Å²) < 4.78 is 1.19. The number of thiophene rings is 1. The number of anilines is 1. The molecule has 3 nitrogen and oxygen atoms in total. The van der Waals surface area contributed by atoms with Gasteiger partial charge in [-0.1, -0.05) is 12.1 Å². The summed E-state index contributed by atoms with van der Waals surface area (Å²) in [6.45, 7) is 4.04. The monoisotopic (exact) mass is 293 g/mol. The van der Waals surface area contributed by atoms with Gasteiger partial charge < -0.3 is 5.32 Å². The van der Waals surface area contributed by atoms with Crippen LogP contribution < -0.4 is 5.32 Å². The molecule has 1 N–H and O–H groups in total. The van der Waals surface area contributed by atoms with Crippen molar-refractivity contribution in [3.05, 3.63) is 58.6 Å². The molecule has 0 saturated carbocycles. The zero-order chi connectivity index (χ0) is 14.8. The zero-order valence-corrected chi connectivity index (χ0v) is 12.7. The van der Waals surface area contributed by atoms with Crippen molar-refractivity contribution in [3.63, 3.8) is 0 Å². The normalized spacial score (nSPS) is 12.0. The molecule has 0 bridgehead atoms. The lowest BCUT2D eigenvalue weighted by Crippen LogP contribution is -2.08. The molecule has 1 atom stereocenters. The molecule has 1 aromatic carbocycles. The maximum absolute atomic E-state index is 9.30. The van der Waals surface area contributed by atoms with Crippen LogP contribution in [-0.2, 0) is 0 Å². The molecule has 4 heteroatoms. The average Bonchev–Trinajstić information content (AvgIpc) is 2.94. The summed E-state index contributed by atoms with van der Waals surface area (Å²) in [4.78, 5) is 4.47. The molecule has 0 spiro atoms. The first-order valence-corrected chi connectivity index (χ1v) is 7.66. The van der Waals surface area contributed by atoms with E-state index >= 15 is 0 Å². The van der Waals surface area contributed by atoms with Crippen LogP contribution in [-0.4, -0.2) is 4.98 Å². The van der Waals surface area contributed by atoms with Crippen molar-refractivity contribution in [2.45, 2.75) is 19.9 Å². The first-order valence-electron chi connectivity index (χ1n) is 6.78. The van der Waals surface area contributed by atoms with E-state index in [4.69, 9.17) is 0 Å². The fraction of sp³-hybridized carbons (Fsp3) is 0.176. The number of nitriles is 1. The van der Waals surface area contributed by atoms with E-state index in [1.54, 1.807) is 11.3 Å². The minimum atomic E-state index is 0.0953. The van der Waals surface area contributed by atoms with Crippen LogP contribution in [0, 0.1) is 18.3 Å². The van der Waals surface area contributed by atoms with Crippen LogP contribution >= 0.6 is 11.3 Å². The van der Waals surface area contributed by atoms with Gasteiger partial charge in [-0.2, -0.15) is 5.26 Å². The molecule has 0 radical (unpaired) electrons. The predicted octanol–water partition coefficient (Wildman–Crippen LogP) is 4.65. The molecule has 3 aromatic rings. The van der Waals surface area contributed by atoms with Gasteiger partial charge in [-0.3, -0.25) is 4.98 Å². The van der Waals surface area contributed by atoms with Gasteiger partial charge in [0.05, 0.1) is 27.5 Å². The lowest BCUT2D eigenvalue weighted by atomic mass is 10.1. The molecular formula is C17H15N3S. The molecule has 2 aromatic heterocycles. The van der Waals surface area contributed by atoms with E-state index in [1.165, 1.54) is 4.70 Å². The Hall–Kier alpha value is -2.38. The third kappa shape index (κ3) is 2.61. The van der Waals surface area contributed by atoms with Gasteiger partial charge in [0.1, 0.15) is 6.07 Å². The van der Waals surface area contributed by atoms with Gasteiger partial charge in [0.2, 0.25) is 0 Å². The molecule has 0 amide bonds. The molecule has 104 valence electrons. The molecule has 3 rings (SSSR count). The van der Waals surface area contributed by atoms with E-state index in [9.17, 15) is 5.26 Å². The summed E-state index contributed by atoms with van der Waals surface area (Å²) in [5.74, 6) is 0. The number of hydrogen-bond acceptors (Lipinski definition) is 4. The summed E-state index contributed by atoms with van der Waals surface area (Å²) in [7, 11) is 0. The average molecular weight is 293 g/mol. The van der Waals surface area contributed by atoms with Crippen molar-refractivity contribution in [3.8, 4) is 6.07 Å². The van der Waals surface area contributed by atoms with Crippen molar-refractivity contribution < 1.29 is 0 Å². The van der Waals surface area contributed by atoms with Crippen LogP contribution in [0.2, 0.25) is 0 Å². The summed E-state index contributed by atoms with van der Waals surface area (Å²) in [6, 6.07) is 12.4. The Labute approximate surface area is 127 Å². The molecule has 0 aliphatic carbocycles. The highest BCUT2D eigenvalue weighted by Gasteiger charge is 2.11. The van der Waals surface area contributed by atoms with Gasteiger partial charge in [-0.05, 0) is 48.6 Å². The molecule has 21 heavy (non-hydrogen) atoms. The second kappa shape index (κ2) is 5.55. The van der Waals surface area contributed by atoms with Gasteiger partial charge in [0, 0.05) is 6.20 Å². The van der Waals surface area contributed by atoms with Gasteiger partial charge >= 0.3 is 0 Å². The second-order valence-corrected chi connectivity index (χ2v) is 6.00. The lowest BCUT2D eigenvalue weighted by Gasteiger charge is -2.17. The summed E-state index contributed by atoms with van der Waals surface area (Å²) in [6.07, 6.45) is 1.90. The Balaban J connectivity index is 1.91. The minimum Gasteiger partial charge on any atom is -0.377 e. The molecule has 0 aliphatic heterocycles. The molecule has 0 aliphatic rings. The molecule has 0 saturated heterocycles. The Morgan fingerprint density at radius 2 is 2.19 bits per heavy atom. The summed E-state index contributed by atoms with van der Waals surface area (Å²) >= 11 is 1.69. The minimum absolute atomic E-state index is 0.0953. The van der Waals surface area contributed by atoms with Crippen molar-refractivity contribution in [2.24, 2.45) is 0 Å². The van der Waals surface area contributed by atoms with Crippen molar-refractivity contribution in [1.29, 1.82) is 5.26 Å². The van der Waals surface area contributed by atoms with E-state index in [-0.39, 0.29) is 6.04 Å². The maximum Gasteiger partial charge on any atom is 0.102 e. The fourth-order valence-corrected chi connectivity index (χ4v) is 3.14. The van der Waals surface area contributed by atoms with Crippen molar-refractivity contribution in [2.75, 3.05) is 5.32 Å². The highest BCUT2D eigenvalue weighted by Crippen LogP contribution is 2.27. The van der Waals surface area contributed by atoms with Crippen molar-refractivity contribution in [1.82, 2.24) is 4.98 Å². The third-order valence-electron chi connectivity index (χ3n) is 3.58. The fourth-order valence-electron chi connectivity index (χ4n) is 2.35. The highest BCUT2D eigenvalue weighted by atomic mass is 32.1. The Bertz CT molecular complexity index is 829. The highest BCUT2D eigenvalue weighted by molar-refractivity contribution is 7.17. The van der Waals surface area contributed by atoms with E-state index < -0.39 is 0 Å². The Morgan fingerprint density at radius 3 is 3.00 bits per heavy atom. The van der Waals surface area contributed by atoms with Crippen LogP contribution in [0.5, 0.6) is 0 Å². The molecule has 1 unspecified atom stereocenters. The van der Waals surface area contributed by atoms with Crippen LogP contribution in [0.4, 0.5) is 5.69 Å². The number of hydrogen-bond donors (Lipinski definition) is 1. The SMILES string of the molecule is Cc1cccc(NC(C)c2cnc3ccsc3c2)c1C#N. The third-order valence-corrected chi connectivity index (χ3v) is 4.43. The standard InChI is InChI=1S/C17H15N3S/c1-11-4-3-5-15(14(11)9-18)20-12(2)13-8-17-16(19-10-13)6-7-21-17/h3-8,10,12,20H,1-2H3. The number of aromatic nitrogens is 1. The van der Waals surface area contributed by atoms with E-state index in [1.807, 2.05) is 42.8 Å². The van der Waals surface area contributed by atoms with Gasteiger partial charge in [-0.15, -0.1) is 11.3 Å². The van der Waals surface area contributed by atoms with Gasteiger partial charge in [0.25, 0.3) is 0 Å². The smallest absolute Gasteiger partial charge is 0.102 e. The lowest BCUT2D eigenvalue weighted by molar-refractivity contribution is 0.879. The molecule has 2 heterocycles. The topological polar surface area (TPSA) is 48.7 Å². The van der Waals surface area contributed by atoms with E-state index in [2.05, 4.69) is 29.4 Å². The summed E-state index contributed by atoms with van der Waals surface area (Å²) in [5, 5.41) is 14.8. The number of pyridine rings is 1. The number of nitrogens with zero attached hydrogens (tertiary/aromatic N) is 2. The Morgan fingerprint density at radius 1 is 1.33 bits per heavy atom. The quantitative estimate of drug-likeness (QED) is 0.764. The molecular weight excluding hydrogens is 278 g/mol. The number of benzene rings is 1. The van der Waals surface area contributed by atoms with Gasteiger partial charge in [-0.25, -0.2) is 0 Å². The van der Waals surface area contributed by atoms with Crippen LogP contribution in [0.25, 0.3) is 10.2 Å². The zero-order valence-electron chi connectivity index (χ0n) is 11.9. The number of rotatable bonds is 3. The van der Waals surface area contributed by atoms with E-state index in [0.717, 1.165) is 22.3 Å². The van der Waals surface area contributed by atoms with E-state index in [0.29, 0.717) is 5.56 Å². The predicted molar refractivity (Wildman–Crippen MR) is 87.6 cm³/mol. The van der Waals surface area contributed by atoms with Crippen LogP contribution in [0.15, 0.2) is 41.9 Å². The maximum atomic E-state index is 9.30. The second-order valence-electron chi connectivity index (χ2n) is 5.05. The number of nitrogens with one attached hydrogen (secondary N) is 1.